The minimum atomic E-state index is -0.690. The van der Waals surface area contributed by atoms with Crippen LogP contribution in [-0.4, -0.2) is 59.8 Å². The fourth-order valence-electron chi connectivity index (χ4n) is 3.49. The van der Waals surface area contributed by atoms with Gasteiger partial charge in [-0.3, -0.25) is 14.7 Å². The van der Waals surface area contributed by atoms with Crippen LogP contribution < -0.4 is 5.32 Å². The number of nitrogens with one attached hydrogen (secondary N) is 2. The third-order valence-corrected chi connectivity index (χ3v) is 5.10. The zero-order chi connectivity index (χ0) is 19.4. The molecular weight excluding hydrogens is 332 g/mol. The zero-order valence-electron chi connectivity index (χ0n) is 16.6. The van der Waals surface area contributed by atoms with Crippen molar-refractivity contribution < 1.29 is 14.3 Å². The molecule has 26 heavy (non-hydrogen) atoms. The lowest BCUT2D eigenvalue weighted by Gasteiger charge is -2.30. The molecule has 2 rings (SSSR count). The number of likely N-dealkylation sites (tertiary alicyclic amines) is 1. The van der Waals surface area contributed by atoms with Crippen LogP contribution in [0.3, 0.4) is 0 Å². The number of aromatic nitrogens is 2. The van der Waals surface area contributed by atoms with E-state index >= 15 is 0 Å². The second kappa shape index (κ2) is 8.20. The SMILES string of the molecule is COCC(C)(C)CC(=O)N1CCC[C@H]1CNC(=O)C(C)(C)c1ccn[nH]1. The summed E-state index contributed by atoms with van der Waals surface area (Å²) in [5, 5.41) is 9.81. The number of methoxy groups -OCH3 is 1. The van der Waals surface area contributed by atoms with Crippen molar-refractivity contribution in [2.45, 2.75) is 58.4 Å². The number of nitrogens with zero attached hydrogens (tertiary/aromatic N) is 2. The molecule has 1 aliphatic heterocycles. The minimum Gasteiger partial charge on any atom is -0.384 e. The predicted octanol–water partition coefficient (Wildman–Crippen LogP) is 1.86. The summed E-state index contributed by atoms with van der Waals surface area (Å²) >= 11 is 0. The van der Waals surface area contributed by atoms with Crippen LogP contribution in [0.25, 0.3) is 0 Å². The highest BCUT2D eigenvalue weighted by Gasteiger charge is 2.35. The third-order valence-electron chi connectivity index (χ3n) is 5.10. The first kappa shape index (κ1) is 20.4. The van der Waals surface area contributed by atoms with Crippen molar-refractivity contribution in [2.24, 2.45) is 5.41 Å². The molecule has 2 heterocycles. The van der Waals surface area contributed by atoms with Gasteiger partial charge in [0, 0.05) is 38.9 Å². The van der Waals surface area contributed by atoms with E-state index in [4.69, 9.17) is 4.74 Å². The van der Waals surface area contributed by atoms with Crippen molar-refractivity contribution in [3.8, 4) is 0 Å². The van der Waals surface area contributed by atoms with Gasteiger partial charge in [0.05, 0.1) is 17.7 Å². The number of hydrogen-bond acceptors (Lipinski definition) is 4. The van der Waals surface area contributed by atoms with Crippen LogP contribution in [0, 0.1) is 5.41 Å². The number of carbonyl (C=O) groups is 2. The molecule has 1 aliphatic rings. The van der Waals surface area contributed by atoms with Crippen LogP contribution in [0.2, 0.25) is 0 Å². The van der Waals surface area contributed by atoms with Crippen LogP contribution in [0.1, 0.15) is 52.7 Å². The molecule has 146 valence electrons. The second-order valence-corrected chi connectivity index (χ2v) is 8.46. The smallest absolute Gasteiger partial charge is 0.231 e. The average Bonchev–Trinajstić information content (AvgIpc) is 3.23. The first-order valence-corrected chi connectivity index (χ1v) is 9.24. The molecule has 1 atom stereocenters. The molecule has 1 aromatic rings. The molecule has 2 N–H and O–H groups in total. The van der Waals surface area contributed by atoms with E-state index in [0.29, 0.717) is 19.6 Å². The fraction of sp³-hybridized carbons (Fsp3) is 0.737. The maximum atomic E-state index is 12.7. The lowest BCUT2D eigenvalue weighted by atomic mass is 9.88. The molecule has 7 nitrogen and oxygen atoms in total. The standard InChI is InChI=1S/C19H32N4O3/c1-18(2,13-26-5)11-16(24)23-10-6-7-14(23)12-20-17(25)19(3,4)15-8-9-21-22-15/h8-9,14H,6-7,10-13H2,1-5H3,(H,20,25)(H,21,22)/t14-/m0/s1. The number of hydrogen-bond donors (Lipinski definition) is 2. The Balaban J connectivity index is 1.92. The van der Waals surface area contributed by atoms with E-state index in [1.165, 1.54) is 0 Å². The summed E-state index contributed by atoms with van der Waals surface area (Å²) in [4.78, 5) is 27.3. The Kier molecular flexibility index (Phi) is 6.44. The second-order valence-electron chi connectivity index (χ2n) is 8.46. The van der Waals surface area contributed by atoms with Gasteiger partial charge in [0.15, 0.2) is 0 Å². The summed E-state index contributed by atoms with van der Waals surface area (Å²) in [6.07, 6.45) is 3.98. The number of carbonyl (C=O) groups excluding carboxylic acids is 2. The van der Waals surface area contributed by atoms with Gasteiger partial charge in [0.2, 0.25) is 11.8 Å². The van der Waals surface area contributed by atoms with Gasteiger partial charge in [0.25, 0.3) is 0 Å². The van der Waals surface area contributed by atoms with Crippen molar-refractivity contribution in [1.82, 2.24) is 20.4 Å². The topological polar surface area (TPSA) is 87.3 Å². The van der Waals surface area contributed by atoms with Crippen molar-refractivity contribution in [3.05, 3.63) is 18.0 Å². The molecule has 0 aromatic carbocycles. The molecule has 0 aliphatic carbocycles. The van der Waals surface area contributed by atoms with E-state index in [-0.39, 0.29) is 23.3 Å². The van der Waals surface area contributed by atoms with Crippen LogP contribution in [-0.2, 0) is 19.7 Å². The summed E-state index contributed by atoms with van der Waals surface area (Å²) < 4.78 is 5.21. The lowest BCUT2D eigenvalue weighted by molar-refractivity contribution is -0.135. The van der Waals surface area contributed by atoms with Gasteiger partial charge in [0.1, 0.15) is 0 Å². The molecule has 2 amide bonds. The monoisotopic (exact) mass is 364 g/mol. The van der Waals surface area contributed by atoms with E-state index in [1.807, 2.05) is 38.7 Å². The quantitative estimate of drug-likeness (QED) is 0.737. The van der Waals surface area contributed by atoms with Crippen molar-refractivity contribution in [1.29, 1.82) is 0 Å². The van der Waals surface area contributed by atoms with Gasteiger partial charge in [-0.15, -0.1) is 0 Å². The highest BCUT2D eigenvalue weighted by molar-refractivity contribution is 5.86. The molecule has 7 heteroatoms. The summed E-state index contributed by atoms with van der Waals surface area (Å²) in [7, 11) is 1.65. The molecular formula is C19H32N4O3. The van der Waals surface area contributed by atoms with Crippen molar-refractivity contribution in [3.63, 3.8) is 0 Å². The van der Waals surface area contributed by atoms with Gasteiger partial charge in [-0.05, 0) is 38.2 Å². The average molecular weight is 364 g/mol. The summed E-state index contributed by atoms with van der Waals surface area (Å²) in [6.45, 7) is 9.58. The Morgan fingerprint density at radius 2 is 2.12 bits per heavy atom. The summed E-state index contributed by atoms with van der Waals surface area (Å²) in [5.41, 5.74) is -0.106. The van der Waals surface area contributed by atoms with Crippen molar-refractivity contribution >= 4 is 11.8 Å². The van der Waals surface area contributed by atoms with Crippen LogP contribution in [0.15, 0.2) is 12.3 Å². The van der Waals surface area contributed by atoms with Crippen LogP contribution in [0.4, 0.5) is 0 Å². The van der Waals surface area contributed by atoms with Gasteiger partial charge in [-0.25, -0.2) is 0 Å². The number of H-pyrrole nitrogens is 1. The number of amides is 2. The number of rotatable bonds is 8. The highest BCUT2D eigenvalue weighted by atomic mass is 16.5. The Labute approximate surface area is 155 Å². The zero-order valence-corrected chi connectivity index (χ0v) is 16.6. The van der Waals surface area contributed by atoms with Crippen LogP contribution in [0.5, 0.6) is 0 Å². The lowest BCUT2D eigenvalue weighted by Crippen LogP contribution is -2.48. The largest absolute Gasteiger partial charge is 0.384 e. The van der Waals surface area contributed by atoms with E-state index < -0.39 is 5.41 Å². The van der Waals surface area contributed by atoms with Gasteiger partial charge in [-0.1, -0.05) is 13.8 Å². The van der Waals surface area contributed by atoms with E-state index in [0.717, 1.165) is 25.1 Å². The number of ether oxygens (including phenoxy) is 1. The maximum Gasteiger partial charge on any atom is 0.231 e. The van der Waals surface area contributed by atoms with E-state index in [2.05, 4.69) is 15.5 Å². The first-order valence-electron chi connectivity index (χ1n) is 9.24. The van der Waals surface area contributed by atoms with Gasteiger partial charge in [-0.2, -0.15) is 5.10 Å². The normalized spacial score (nSPS) is 18.2. The van der Waals surface area contributed by atoms with Crippen molar-refractivity contribution in [2.75, 3.05) is 26.8 Å². The molecule has 0 bridgehead atoms. The van der Waals surface area contributed by atoms with Gasteiger partial charge < -0.3 is 15.0 Å². The minimum absolute atomic E-state index is 0.0577. The van der Waals surface area contributed by atoms with E-state index in [1.54, 1.807) is 13.3 Å². The number of aromatic amines is 1. The Bertz CT molecular complexity index is 610. The molecule has 0 radical (unpaired) electrons. The van der Waals surface area contributed by atoms with Gasteiger partial charge >= 0.3 is 0 Å². The molecule has 0 unspecified atom stereocenters. The fourth-order valence-corrected chi connectivity index (χ4v) is 3.49. The Morgan fingerprint density at radius 3 is 2.73 bits per heavy atom. The maximum absolute atomic E-state index is 12.7. The molecule has 0 spiro atoms. The van der Waals surface area contributed by atoms with E-state index in [9.17, 15) is 9.59 Å². The molecule has 0 saturated carbocycles. The molecule has 1 aromatic heterocycles. The third kappa shape index (κ3) is 4.84. The van der Waals surface area contributed by atoms with Crippen LogP contribution >= 0.6 is 0 Å². The Morgan fingerprint density at radius 1 is 1.38 bits per heavy atom. The summed E-state index contributed by atoms with van der Waals surface area (Å²) in [5.74, 6) is 0.0670. The molecule has 1 saturated heterocycles. The predicted molar refractivity (Wildman–Crippen MR) is 99.6 cm³/mol. The molecule has 1 fully saturated rings. The highest BCUT2D eigenvalue weighted by Crippen LogP contribution is 2.26. The summed E-state index contributed by atoms with van der Waals surface area (Å²) in [6, 6.07) is 1.87. The first-order chi connectivity index (χ1) is 12.2. The Hall–Kier alpha value is -1.89.